The van der Waals surface area contributed by atoms with Crippen molar-refractivity contribution in [2.45, 2.75) is 6.61 Å². The topological polar surface area (TPSA) is 84.9 Å². The summed E-state index contributed by atoms with van der Waals surface area (Å²) in [7, 11) is 1.52. The summed E-state index contributed by atoms with van der Waals surface area (Å²) in [5.41, 5.74) is 2.07. The third-order valence-electron chi connectivity index (χ3n) is 5.15. The van der Waals surface area contributed by atoms with E-state index in [9.17, 15) is 14.4 Å². The second kappa shape index (κ2) is 12.2. The fourth-order valence-electron chi connectivity index (χ4n) is 3.40. The molecular weight excluding hydrogens is 648 g/mol. The zero-order valence-electron chi connectivity index (χ0n) is 19.3. The van der Waals surface area contributed by atoms with Gasteiger partial charge in [0, 0.05) is 10.2 Å². The first-order valence-corrected chi connectivity index (χ1v) is 13.6. The van der Waals surface area contributed by atoms with Gasteiger partial charge in [0.05, 0.1) is 21.5 Å². The van der Waals surface area contributed by atoms with Crippen LogP contribution in [0.3, 0.4) is 0 Å². The molecule has 0 aliphatic carbocycles. The number of thioether (sulfide) groups is 1. The molecule has 1 aliphatic rings. The van der Waals surface area contributed by atoms with E-state index in [0.29, 0.717) is 43.3 Å². The van der Waals surface area contributed by atoms with Crippen molar-refractivity contribution < 1.29 is 23.9 Å². The smallest absolute Gasteiger partial charge is 0.294 e. The van der Waals surface area contributed by atoms with E-state index in [1.807, 2.05) is 30.3 Å². The Morgan fingerprint density at radius 3 is 2.54 bits per heavy atom. The summed E-state index contributed by atoms with van der Waals surface area (Å²) in [6.07, 6.45) is 1.57. The van der Waals surface area contributed by atoms with E-state index in [1.165, 1.54) is 7.11 Å². The molecule has 190 valence electrons. The highest BCUT2D eigenvalue weighted by molar-refractivity contribution is 9.10. The molecule has 0 unspecified atom stereocenters. The van der Waals surface area contributed by atoms with Crippen LogP contribution in [0.5, 0.6) is 11.5 Å². The van der Waals surface area contributed by atoms with Crippen molar-refractivity contribution in [3.8, 4) is 11.5 Å². The monoisotopic (exact) mass is 664 g/mol. The first kappa shape index (κ1) is 27.3. The SMILES string of the molecule is COc1cc(/C=C2/SC(=O)N(CC(=O)Nc3ccc(Br)c(Cl)c3)C2=O)cc(Br)c1OCc1ccccc1. The lowest BCUT2D eigenvalue weighted by Crippen LogP contribution is -2.36. The number of halogens is 3. The van der Waals surface area contributed by atoms with Gasteiger partial charge in [-0.3, -0.25) is 19.3 Å². The fourth-order valence-corrected chi connectivity index (χ4v) is 5.24. The molecule has 3 amide bonds. The summed E-state index contributed by atoms with van der Waals surface area (Å²) in [6, 6.07) is 18.1. The third kappa shape index (κ3) is 6.75. The summed E-state index contributed by atoms with van der Waals surface area (Å²) in [6.45, 7) is -0.0719. The summed E-state index contributed by atoms with van der Waals surface area (Å²) >= 11 is 13.6. The van der Waals surface area contributed by atoms with E-state index in [-0.39, 0.29) is 4.91 Å². The molecule has 1 N–H and O–H groups in total. The maximum absolute atomic E-state index is 12.9. The van der Waals surface area contributed by atoms with E-state index < -0.39 is 23.6 Å². The third-order valence-corrected chi connectivity index (χ3v) is 7.88. The summed E-state index contributed by atoms with van der Waals surface area (Å²) in [5, 5.41) is 2.53. The van der Waals surface area contributed by atoms with Gasteiger partial charge in [0.1, 0.15) is 13.2 Å². The molecule has 1 heterocycles. The molecule has 7 nitrogen and oxygen atoms in total. The van der Waals surface area contributed by atoms with E-state index in [2.05, 4.69) is 37.2 Å². The van der Waals surface area contributed by atoms with Gasteiger partial charge in [-0.2, -0.15) is 0 Å². The van der Waals surface area contributed by atoms with Crippen LogP contribution in [-0.2, 0) is 16.2 Å². The zero-order valence-corrected chi connectivity index (χ0v) is 24.0. The number of methoxy groups -OCH3 is 1. The van der Waals surface area contributed by atoms with Gasteiger partial charge >= 0.3 is 0 Å². The van der Waals surface area contributed by atoms with Crippen LogP contribution in [0, 0.1) is 0 Å². The summed E-state index contributed by atoms with van der Waals surface area (Å²) in [5.74, 6) is -0.102. The molecule has 3 aromatic rings. The highest BCUT2D eigenvalue weighted by Crippen LogP contribution is 2.39. The Morgan fingerprint density at radius 2 is 1.84 bits per heavy atom. The highest BCUT2D eigenvalue weighted by Gasteiger charge is 2.36. The standard InChI is InChI=1S/C26H19Br2ClN2O5S/c1-35-21-10-16(9-19(28)24(21)36-14-15-5-3-2-4-6-15)11-22-25(33)31(26(34)37-22)13-23(32)30-17-7-8-18(27)20(29)12-17/h2-12H,13-14H2,1H3,(H,30,32)/b22-11+. The van der Waals surface area contributed by atoms with Crippen molar-refractivity contribution in [3.05, 3.63) is 90.7 Å². The van der Waals surface area contributed by atoms with Crippen molar-refractivity contribution in [3.63, 3.8) is 0 Å². The van der Waals surface area contributed by atoms with Crippen LogP contribution < -0.4 is 14.8 Å². The van der Waals surface area contributed by atoms with Crippen LogP contribution in [0.1, 0.15) is 11.1 Å². The average molecular weight is 667 g/mol. The molecule has 0 atom stereocenters. The number of hydrogen-bond acceptors (Lipinski definition) is 6. The molecular formula is C26H19Br2ClN2O5S. The predicted molar refractivity (Wildman–Crippen MR) is 152 cm³/mol. The Bertz CT molecular complexity index is 1400. The lowest BCUT2D eigenvalue weighted by atomic mass is 10.1. The second-order valence-electron chi connectivity index (χ2n) is 7.75. The van der Waals surface area contributed by atoms with Crippen molar-refractivity contribution in [1.29, 1.82) is 0 Å². The second-order valence-corrected chi connectivity index (χ2v) is 10.9. The van der Waals surface area contributed by atoms with E-state index in [4.69, 9.17) is 21.1 Å². The summed E-state index contributed by atoms with van der Waals surface area (Å²) < 4.78 is 12.8. The van der Waals surface area contributed by atoms with Gasteiger partial charge in [0.15, 0.2) is 11.5 Å². The normalized spacial score (nSPS) is 14.3. The number of benzene rings is 3. The number of anilines is 1. The number of amides is 3. The Labute approximate surface area is 239 Å². The minimum absolute atomic E-state index is 0.191. The first-order chi connectivity index (χ1) is 17.7. The van der Waals surface area contributed by atoms with Gasteiger partial charge in [-0.15, -0.1) is 0 Å². The van der Waals surface area contributed by atoms with Gasteiger partial charge < -0.3 is 14.8 Å². The highest BCUT2D eigenvalue weighted by atomic mass is 79.9. The molecule has 0 radical (unpaired) electrons. The van der Waals surface area contributed by atoms with Gasteiger partial charge in [-0.05, 0) is 91.2 Å². The maximum atomic E-state index is 12.9. The van der Waals surface area contributed by atoms with Crippen molar-refractivity contribution in [2.75, 3.05) is 19.0 Å². The van der Waals surface area contributed by atoms with Crippen LogP contribution in [-0.4, -0.2) is 35.6 Å². The van der Waals surface area contributed by atoms with Crippen LogP contribution >= 0.6 is 55.2 Å². The molecule has 0 bridgehead atoms. The predicted octanol–water partition coefficient (Wildman–Crippen LogP) is 7.13. The Kier molecular flexibility index (Phi) is 8.96. The van der Waals surface area contributed by atoms with Gasteiger partial charge in [-0.1, -0.05) is 41.9 Å². The van der Waals surface area contributed by atoms with Gasteiger partial charge in [0.25, 0.3) is 11.1 Å². The van der Waals surface area contributed by atoms with Crippen LogP contribution in [0.25, 0.3) is 6.08 Å². The van der Waals surface area contributed by atoms with Crippen molar-refractivity contribution >= 4 is 84.0 Å². The van der Waals surface area contributed by atoms with Crippen LogP contribution in [0.4, 0.5) is 10.5 Å². The molecule has 0 spiro atoms. The largest absolute Gasteiger partial charge is 0.493 e. The van der Waals surface area contributed by atoms with Crippen LogP contribution in [0.2, 0.25) is 5.02 Å². The minimum Gasteiger partial charge on any atom is -0.493 e. The fraction of sp³-hybridized carbons (Fsp3) is 0.115. The van der Waals surface area contributed by atoms with E-state index in [1.54, 1.807) is 36.4 Å². The lowest BCUT2D eigenvalue weighted by molar-refractivity contribution is -0.127. The van der Waals surface area contributed by atoms with Gasteiger partial charge in [-0.25, -0.2) is 0 Å². The Balaban J connectivity index is 1.46. The number of imide groups is 1. The lowest BCUT2D eigenvalue weighted by Gasteiger charge is -2.14. The quantitative estimate of drug-likeness (QED) is 0.258. The maximum Gasteiger partial charge on any atom is 0.294 e. The van der Waals surface area contributed by atoms with E-state index in [0.717, 1.165) is 22.2 Å². The summed E-state index contributed by atoms with van der Waals surface area (Å²) in [4.78, 5) is 39.0. The Hall–Kier alpha value is -2.79. The molecule has 1 saturated heterocycles. The number of rotatable bonds is 8. The molecule has 11 heteroatoms. The number of carbonyl (C=O) groups excluding carboxylic acids is 3. The van der Waals surface area contributed by atoms with Crippen molar-refractivity contribution in [1.82, 2.24) is 4.90 Å². The average Bonchev–Trinajstić information content (AvgIpc) is 3.13. The molecule has 0 aromatic heterocycles. The Morgan fingerprint density at radius 1 is 1.08 bits per heavy atom. The molecule has 0 saturated carbocycles. The number of hydrogen-bond donors (Lipinski definition) is 1. The molecule has 1 aliphatic heterocycles. The number of carbonyl (C=O) groups is 3. The first-order valence-electron chi connectivity index (χ1n) is 10.8. The minimum atomic E-state index is -0.557. The molecule has 4 rings (SSSR count). The number of nitrogens with zero attached hydrogens (tertiary/aromatic N) is 1. The van der Waals surface area contributed by atoms with Crippen molar-refractivity contribution in [2.24, 2.45) is 0 Å². The van der Waals surface area contributed by atoms with Gasteiger partial charge in [0.2, 0.25) is 5.91 Å². The van der Waals surface area contributed by atoms with Crippen LogP contribution in [0.15, 0.2) is 74.5 Å². The molecule has 1 fully saturated rings. The molecule has 3 aromatic carbocycles. The molecule has 37 heavy (non-hydrogen) atoms. The number of ether oxygens (including phenoxy) is 2. The number of nitrogens with one attached hydrogen (secondary N) is 1. The zero-order chi connectivity index (χ0) is 26.5. The van der Waals surface area contributed by atoms with E-state index >= 15 is 0 Å².